The van der Waals surface area contributed by atoms with E-state index in [0.717, 1.165) is 48.8 Å². The summed E-state index contributed by atoms with van der Waals surface area (Å²) < 4.78 is 0. The fraction of sp³-hybridized carbons (Fsp3) is 0.667. The van der Waals surface area contributed by atoms with E-state index in [-0.39, 0.29) is 0 Å². The second-order valence-corrected chi connectivity index (χ2v) is 7.03. The first-order valence-corrected chi connectivity index (χ1v) is 9.75. The Hall–Kier alpha value is -2.38. The summed E-state index contributed by atoms with van der Waals surface area (Å²) in [5.74, 6) is 3.13. The zero-order valence-electron chi connectivity index (χ0n) is 15.8. The van der Waals surface area contributed by atoms with Crippen molar-refractivity contribution in [3.8, 4) is 0 Å². The van der Waals surface area contributed by atoms with Crippen LogP contribution in [-0.2, 0) is 0 Å². The molecule has 0 amide bonds. The van der Waals surface area contributed by atoms with Gasteiger partial charge in [-0.3, -0.25) is 0 Å². The van der Waals surface area contributed by atoms with Crippen LogP contribution in [0.15, 0.2) is 0 Å². The minimum atomic E-state index is 0.636. The van der Waals surface area contributed by atoms with Crippen molar-refractivity contribution in [1.29, 1.82) is 0 Å². The molecule has 0 bridgehead atoms. The third-order valence-electron chi connectivity index (χ3n) is 5.27. The first-order valence-electron chi connectivity index (χ1n) is 9.75. The predicted molar refractivity (Wildman–Crippen MR) is 106 cm³/mol. The van der Waals surface area contributed by atoms with Crippen LogP contribution in [-0.4, -0.2) is 60.2 Å². The highest BCUT2D eigenvalue weighted by molar-refractivity contribution is 5.95. The molecule has 4 rings (SSSR count). The minimum absolute atomic E-state index is 0.636. The molecule has 2 aromatic heterocycles. The number of nitrogens with zero attached hydrogens (tertiary/aromatic N) is 6. The summed E-state index contributed by atoms with van der Waals surface area (Å²) in [7, 11) is 3.73. The van der Waals surface area contributed by atoms with Gasteiger partial charge in [0.05, 0.1) is 0 Å². The lowest BCUT2D eigenvalue weighted by atomic mass is 10.1. The van der Waals surface area contributed by atoms with Gasteiger partial charge in [-0.05, 0) is 38.5 Å². The zero-order chi connectivity index (χ0) is 17.9. The highest BCUT2D eigenvalue weighted by atomic mass is 15.3. The Morgan fingerprint density at radius 3 is 1.31 bits per heavy atom. The predicted octanol–water partition coefficient (Wildman–Crippen LogP) is 2.48. The molecular formula is C18H28N8. The van der Waals surface area contributed by atoms with E-state index in [1.54, 1.807) is 0 Å². The van der Waals surface area contributed by atoms with Gasteiger partial charge in [-0.25, -0.2) is 9.97 Å². The van der Waals surface area contributed by atoms with Crippen LogP contribution >= 0.6 is 0 Å². The number of rotatable bonds is 4. The molecule has 140 valence electrons. The van der Waals surface area contributed by atoms with Crippen LogP contribution in [0.1, 0.15) is 38.5 Å². The van der Waals surface area contributed by atoms with Crippen LogP contribution < -0.4 is 20.4 Å². The summed E-state index contributed by atoms with van der Waals surface area (Å²) >= 11 is 0. The number of aromatic nitrogens is 4. The normalized spacial score (nSPS) is 18.2. The fourth-order valence-electron chi connectivity index (χ4n) is 3.86. The molecule has 2 N–H and O–H groups in total. The Bertz CT molecular complexity index is 700. The summed E-state index contributed by atoms with van der Waals surface area (Å²) in [6.45, 7) is 4.08. The molecular weight excluding hydrogens is 328 g/mol. The van der Waals surface area contributed by atoms with Crippen molar-refractivity contribution in [1.82, 2.24) is 19.9 Å². The van der Waals surface area contributed by atoms with Crippen molar-refractivity contribution < 1.29 is 0 Å². The Balaban J connectivity index is 1.90. The highest BCUT2D eigenvalue weighted by Gasteiger charge is 2.24. The number of fused-ring (bicyclic) bond motifs is 1. The van der Waals surface area contributed by atoms with Crippen molar-refractivity contribution in [3.05, 3.63) is 0 Å². The smallest absolute Gasteiger partial charge is 0.225 e. The summed E-state index contributed by atoms with van der Waals surface area (Å²) in [5, 5.41) is 6.24. The van der Waals surface area contributed by atoms with Crippen molar-refractivity contribution in [2.45, 2.75) is 38.5 Å². The van der Waals surface area contributed by atoms with E-state index < -0.39 is 0 Å². The van der Waals surface area contributed by atoms with Gasteiger partial charge in [-0.1, -0.05) is 0 Å². The lowest BCUT2D eigenvalue weighted by Gasteiger charge is -2.31. The van der Waals surface area contributed by atoms with E-state index in [1.165, 1.54) is 38.5 Å². The molecule has 2 saturated heterocycles. The summed E-state index contributed by atoms with van der Waals surface area (Å²) in [6.07, 6.45) is 7.36. The molecule has 2 aliphatic heterocycles. The second kappa shape index (κ2) is 7.47. The monoisotopic (exact) mass is 356 g/mol. The molecule has 0 radical (unpaired) electrons. The summed E-state index contributed by atoms with van der Waals surface area (Å²) in [5.41, 5.74) is 1.71. The molecule has 0 saturated carbocycles. The lowest BCUT2D eigenvalue weighted by molar-refractivity contribution is 0.572. The molecule has 26 heavy (non-hydrogen) atoms. The standard InChI is InChI=1S/C18H28N8/c1-19-17-21-13-14(15(23-17)25-9-5-3-6-10-25)22-18(20-2)24-16(13)26-11-7-4-8-12-26/h3-12H2,1-2H3,(H,19,21,23)(H,20,22,24). The van der Waals surface area contributed by atoms with Gasteiger partial charge >= 0.3 is 0 Å². The molecule has 8 nitrogen and oxygen atoms in total. The van der Waals surface area contributed by atoms with Crippen molar-refractivity contribution >= 4 is 34.6 Å². The Morgan fingerprint density at radius 2 is 0.962 bits per heavy atom. The first kappa shape index (κ1) is 17.1. The van der Waals surface area contributed by atoms with Gasteiger partial charge in [0.25, 0.3) is 0 Å². The molecule has 2 fully saturated rings. The highest BCUT2D eigenvalue weighted by Crippen LogP contribution is 2.33. The zero-order valence-corrected chi connectivity index (χ0v) is 15.8. The fourth-order valence-corrected chi connectivity index (χ4v) is 3.86. The number of hydrogen-bond acceptors (Lipinski definition) is 8. The van der Waals surface area contributed by atoms with Crippen LogP contribution in [0, 0.1) is 0 Å². The van der Waals surface area contributed by atoms with Crippen LogP contribution in [0.5, 0.6) is 0 Å². The van der Waals surface area contributed by atoms with E-state index in [0.29, 0.717) is 11.9 Å². The van der Waals surface area contributed by atoms with E-state index in [9.17, 15) is 0 Å². The van der Waals surface area contributed by atoms with E-state index >= 15 is 0 Å². The van der Waals surface area contributed by atoms with Gasteiger partial charge in [0.1, 0.15) is 11.0 Å². The van der Waals surface area contributed by atoms with Crippen molar-refractivity contribution in [2.24, 2.45) is 0 Å². The molecule has 8 heteroatoms. The SMILES string of the molecule is CNc1nc(N2CCCCC2)c2nc(NC)nc(N3CCCCC3)c2n1. The minimum Gasteiger partial charge on any atom is -0.357 e. The van der Waals surface area contributed by atoms with Crippen LogP contribution in [0.2, 0.25) is 0 Å². The van der Waals surface area contributed by atoms with Gasteiger partial charge in [0, 0.05) is 40.3 Å². The maximum Gasteiger partial charge on any atom is 0.225 e. The first-order chi connectivity index (χ1) is 12.8. The van der Waals surface area contributed by atoms with Gasteiger partial charge in [-0.15, -0.1) is 0 Å². The molecule has 0 spiro atoms. The average molecular weight is 356 g/mol. The third-order valence-corrected chi connectivity index (χ3v) is 5.27. The van der Waals surface area contributed by atoms with Gasteiger partial charge < -0.3 is 20.4 Å². The Morgan fingerprint density at radius 1 is 0.577 bits per heavy atom. The summed E-state index contributed by atoms with van der Waals surface area (Å²) in [4.78, 5) is 23.8. The lowest BCUT2D eigenvalue weighted by Crippen LogP contribution is -2.32. The van der Waals surface area contributed by atoms with Gasteiger partial charge in [0.15, 0.2) is 11.6 Å². The molecule has 0 atom stereocenters. The maximum atomic E-state index is 4.77. The third kappa shape index (κ3) is 3.20. The van der Waals surface area contributed by atoms with E-state index in [1.807, 2.05) is 14.1 Å². The molecule has 0 aliphatic carbocycles. The second-order valence-electron chi connectivity index (χ2n) is 7.03. The van der Waals surface area contributed by atoms with Crippen molar-refractivity contribution in [3.63, 3.8) is 0 Å². The number of nitrogens with one attached hydrogen (secondary N) is 2. The number of piperidine rings is 2. The maximum absolute atomic E-state index is 4.77. The molecule has 0 aromatic carbocycles. The molecule has 2 aliphatic rings. The van der Waals surface area contributed by atoms with Gasteiger partial charge in [-0.2, -0.15) is 9.97 Å². The van der Waals surface area contributed by atoms with Crippen molar-refractivity contribution in [2.75, 3.05) is 60.7 Å². The van der Waals surface area contributed by atoms with E-state index in [4.69, 9.17) is 19.9 Å². The van der Waals surface area contributed by atoms with Crippen LogP contribution in [0.4, 0.5) is 23.5 Å². The Labute approximate surface area is 154 Å². The van der Waals surface area contributed by atoms with E-state index in [2.05, 4.69) is 20.4 Å². The van der Waals surface area contributed by atoms with Crippen LogP contribution in [0.3, 0.4) is 0 Å². The summed E-state index contributed by atoms with van der Waals surface area (Å²) in [6, 6.07) is 0. The molecule has 0 unspecified atom stereocenters. The largest absolute Gasteiger partial charge is 0.357 e. The molecule has 2 aromatic rings. The van der Waals surface area contributed by atoms with Crippen LogP contribution in [0.25, 0.3) is 11.0 Å². The average Bonchev–Trinajstić information content (AvgIpc) is 2.73. The number of hydrogen-bond donors (Lipinski definition) is 2. The topological polar surface area (TPSA) is 82.1 Å². The Kier molecular flexibility index (Phi) is 4.90. The molecule has 4 heterocycles. The quantitative estimate of drug-likeness (QED) is 0.865. The van der Waals surface area contributed by atoms with Gasteiger partial charge in [0.2, 0.25) is 11.9 Å². The number of anilines is 4.